The van der Waals surface area contributed by atoms with Crippen LogP contribution in [0.4, 0.5) is 0 Å². The summed E-state index contributed by atoms with van der Waals surface area (Å²) in [5, 5.41) is 2.81. The van der Waals surface area contributed by atoms with Crippen LogP contribution in [0.5, 0.6) is 0 Å². The maximum absolute atomic E-state index is 11.7. The van der Waals surface area contributed by atoms with Gasteiger partial charge in [0.1, 0.15) is 6.04 Å². The summed E-state index contributed by atoms with van der Waals surface area (Å²) in [7, 11) is 4.96. The Morgan fingerprint density at radius 2 is 2.12 bits per heavy atom. The minimum Gasteiger partial charge on any atom is -0.468 e. The fourth-order valence-corrected chi connectivity index (χ4v) is 1.75. The molecule has 1 heterocycles. The highest BCUT2D eigenvalue weighted by Crippen LogP contribution is 2.09. The van der Waals surface area contributed by atoms with Gasteiger partial charge in [-0.25, -0.2) is 0 Å². The summed E-state index contributed by atoms with van der Waals surface area (Å²) >= 11 is 0. The normalized spacial score (nSPS) is 21.9. The summed E-state index contributed by atoms with van der Waals surface area (Å²) in [6.45, 7) is 2.06. The molecule has 1 aliphatic heterocycles. The van der Waals surface area contributed by atoms with Crippen molar-refractivity contribution in [3.05, 3.63) is 0 Å². The van der Waals surface area contributed by atoms with Gasteiger partial charge in [-0.2, -0.15) is 0 Å². The molecule has 0 radical (unpaired) electrons. The minimum absolute atomic E-state index is 0.0181. The molecular weight excluding hydrogens is 210 g/mol. The monoisotopic (exact) mass is 229 g/mol. The molecule has 0 spiro atoms. The Balaban J connectivity index is 2.60. The van der Waals surface area contributed by atoms with Crippen LogP contribution >= 0.6 is 0 Å². The molecule has 0 aromatic heterocycles. The highest BCUT2D eigenvalue weighted by atomic mass is 16.5. The summed E-state index contributed by atoms with van der Waals surface area (Å²) in [5.74, 6) is -0.269. The first-order chi connectivity index (χ1) is 7.60. The van der Waals surface area contributed by atoms with Crippen molar-refractivity contribution >= 4 is 11.9 Å². The summed E-state index contributed by atoms with van der Waals surface area (Å²) in [6.07, 6.45) is 0. The number of rotatable bonds is 3. The smallest absolute Gasteiger partial charge is 0.324 e. The van der Waals surface area contributed by atoms with Crippen LogP contribution in [0.1, 0.15) is 0 Å². The van der Waals surface area contributed by atoms with Crippen LogP contribution in [0.2, 0.25) is 0 Å². The Bertz CT molecular complexity index is 270. The molecule has 0 bridgehead atoms. The van der Waals surface area contributed by atoms with Crippen molar-refractivity contribution in [1.82, 2.24) is 15.1 Å². The van der Waals surface area contributed by atoms with E-state index in [4.69, 9.17) is 4.74 Å². The minimum atomic E-state index is -0.348. The number of methoxy groups -OCH3 is 1. The van der Waals surface area contributed by atoms with Crippen LogP contribution in [0.25, 0.3) is 0 Å². The predicted octanol–water partition coefficient (Wildman–Crippen LogP) is -1.48. The number of amides is 1. The Morgan fingerprint density at radius 3 is 2.69 bits per heavy atom. The molecule has 0 saturated carbocycles. The molecule has 1 amide bonds. The third-order valence-corrected chi connectivity index (χ3v) is 2.80. The molecule has 1 saturated heterocycles. The van der Waals surface area contributed by atoms with Crippen molar-refractivity contribution in [2.24, 2.45) is 0 Å². The number of esters is 1. The van der Waals surface area contributed by atoms with E-state index in [-0.39, 0.29) is 17.9 Å². The van der Waals surface area contributed by atoms with Gasteiger partial charge in [-0.1, -0.05) is 0 Å². The topological polar surface area (TPSA) is 61.9 Å². The van der Waals surface area contributed by atoms with Crippen molar-refractivity contribution in [3.63, 3.8) is 0 Å². The molecule has 0 aliphatic carbocycles. The molecule has 92 valence electrons. The molecule has 6 heteroatoms. The second-order valence-electron chi connectivity index (χ2n) is 3.89. The van der Waals surface area contributed by atoms with Crippen LogP contribution in [0.3, 0.4) is 0 Å². The molecule has 1 unspecified atom stereocenters. The lowest BCUT2D eigenvalue weighted by atomic mass is 10.2. The van der Waals surface area contributed by atoms with Crippen molar-refractivity contribution < 1.29 is 14.3 Å². The zero-order chi connectivity index (χ0) is 12.1. The SMILES string of the molecule is CNCC(=O)N1CCN(C)C(C(=O)OC)C1. The number of ether oxygens (including phenoxy) is 1. The number of carbonyl (C=O) groups is 2. The highest BCUT2D eigenvalue weighted by Gasteiger charge is 2.32. The zero-order valence-electron chi connectivity index (χ0n) is 10.0. The van der Waals surface area contributed by atoms with Gasteiger partial charge in [0, 0.05) is 19.6 Å². The van der Waals surface area contributed by atoms with E-state index in [9.17, 15) is 9.59 Å². The molecule has 6 nitrogen and oxygen atoms in total. The summed E-state index contributed by atoms with van der Waals surface area (Å²) < 4.78 is 4.71. The van der Waals surface area contributed by atoms with Gasteiger partial charge in [0.05, 0.1) is 13.7 Å². The second-order valence-corrected chi connectivity index (χ2v) is 3.89. The number of likely N-dealkylation sites (N-methyl/N-ethyl adjacent to an activating group) is 2. The number of nitrogens with one attached hydrogen (secondary N) is 1. The quantitative estimate of drug-likeness (QED) is 0.598. The molecule has 16 heavy (non-hydrogen) atoms. The van der Waals surface area contributed by atoms with E-state index >= 15 is 0 Å². The fourth-order valence-electron chi connectivity index (χ4n) is 1.75. The van der Waals surface area contributed by atoms with E-state index in [1.54, 1.807) is 11.9 Å². The van der Waals surface area contributed by atoms with E-state index in [1.165, 1.54) is 7.11 Å². The summed E-state index contributed by atoms with van der Waals surface area (Å²) in [6, 6.07) is -0.348. The fraction of sp³-hybridized carbons (Fsp3) is 0.800. The maximum Gasteiger partial charge on any atom is 0.324 e. The van der Waals surface area contributed by atoms with Crippen molar-refractivity contribution in [1.29, 1.82) is 0 Å². The van der Waals surface area contributed by atoms with E-state index in [0.29, 0.717) is 26.2 Å². The Kier molecular flexibility index (Phi) is 4.70. The predicted molar refractivity (Wildman–Crippen MR) is 58.9 cm³/mol. The number of carbonyl (C=O) groups excluding carboxylic acids is 2. The van der Waals surface area contributed by atoms with Crippen LogP contribution in [-0.4, -0.2) is 75.1 Å². The van der Waals surface area contributed by atoms with E-state index in [0.717, 1.165) is 0 Å². The Labute approximate surface area is 95.5 Å². The number of nitrogens with zero attached hydrogens (tertiary/aromatic N) is 2. The summed E-state index contributed by atoms with van der Waals surface area (Å²) in [4.78, 5) is 26.7. The second kappa shape index (κ2) is 5.81. The molecule has 1 rings (SSSR count). The van der Waals surface area contributed by atoms with Gasteiger partial charge in [0.2, 0.25) is 5.91 Å². The first-order valence-electron chi connectivity index (χ1n) is 5.30. The molecule has 1 atom stereocenters. The van der Waals surface area contributed by atoms with Gasteiger partial charge in [0.25, 0.3) is 0 Å². The Morgan fingerprint density at radius 1 is 1.44 bits per heavy atom. The van der Waals surface area contributed by atoms with E-state index in [2.05, 4.69) is 5.32 Å². The molecular formula is C10H19N3O3. The zero-order valence-corrected chi connectivity index (χ0v) is 10.0. The lowest BCUT2D eigenvalue weighted by molar-refractivity contribution is -0.150. The molecule has 0 aromatic rings. The average Bonchev–Trinajstić information content (AvgIpc) is 2.29. The number of hydrogen-bond donors (Lipinski definition) is 1. The van der Waals surface area contributed by atoms with Gasteiger partial charge < -0.3 is 15.0 Å². The molecule has 1 fully saturated rings. The van der Waals surface area contributed by atoms with Gasteiger partial charge in [-0.15, -0.1) is 0 Å². The number of hydrogen-bond acceptors (Lipinski definition) is 5. The van der Waals surface area contributed by atoms with Crippen LogP contribution < -0.4 is 5.32 Å². The van der Waals surface area contributed by atoms with Crippen LogP contribution in [0.15, 0.2) is 0 Å². The van der Waals surface area contributed by atoms with E-state index < -0.39 is 0 Å². The molecule has 1 N–H and O–H groups in total. The standard InChI is InChI=1S/C10H19N3O3/c1-11-6-9(14)13-5-4-12(2)8(7-13)10(15)16-3/h8,11H,4-7H2,1-3H3. The van der Waals surface area contributed by atoms with Gasteiger partial charge in [-0.05, 0) is 14.1 Å². The lowest BCUT2D eigenvalue weighted by Crippen LogP contribution is -2.57. The highest BCUT2D eigenvalue weighted by molar-refractivity contribution is 5.81. The van der Waals surface area contributed by atoms with Gasteiger partial charge in [0.15, 0.2) is 0 Å². The van der Waals surface area contributed by atoms with Crippen molar-refractivity contribution in [2.75, 3.05) is 47.4 Å². The third-order valence-electron chi connectivity index (χ3n) is 2.80. The van der Waals surface area contributed by atoms with Crippen LogP contribution in [-0.2, 0) is 14.3 Å². The summed E-state index contributed by atoms with van der Waals surface area (Å²) in [5.41, 5.74) is 0. The van der Waals surface area contributed by atoms with Crippen molar-refractivity contribution in [2.45, 2.75) is 6.04 Å². The van der Waals surface area contributed by atoms with Gasteiger partial charge in [-0.3, -0.25) is 14.5 Å². The number of piperazine rings is 1. The lowest BCUT2D eigenvalue weighted by Gasteiger charge is -2.37. The third kappa shape index (κ3) is 2.93. The van der Waals surface area contributed by atoms with Crippen molar-refractivity contribution in [3.8, 4) is 0 Å². The largest absolute Gasteiger partial charge is 0.468 e. The molecule has 0 aromatic carbocycles. The van der Waals surface area contributed by atoms with Gasteiger partial charge >= 0.3 is 5.97 Å². The van der Waals surface area contributed by atoms with E-state index in [1.807, 2.05) is 11.9 Å². The average molecular weight is 229 g/mol. The Hall–Kier alpha value is -1.14. The van der Waals surface area contributed by atoms with Crippen LogP contribution in [0, 0.1) is 0 Å². The maximum atomic E-state index is 11.7. The first kappa shape index (κ1) is 12.9. The first-order valence-corrected chi connectivity index (χ1v) is 5.30. The molecule has 1 aliphatic rings.